The normalized spacial score (nSPS) is 22.6. The Morgan fingerprint density at radius 3 is 2.95 bits per heavy atom. The maximum Gasteiger partial charge on any atom is 0.178 e. The van der Waals surface area contributed by atoms with Gasteiger partial charge in [0.25, 0.3) is 0 Å². The van der Waals surface area contributed by atoms with Crippen LogP contribution in [-0.2, 0) is 0 Å². The van der Waals surface area contributed by atoms with Crippen molar-refractivity contribution in [3.05, 3.63) is 23.0 Å². The van der Waals surface area contributed by atoms with Crippen LogP contribution in [0.3, 0.4) is 0 Å². The van der Waals surface area contributed by atoms with Crippen molar-refractivity contribution in [2.75, 3.05) is 12.9 Å². The van der Waals surface area contributed by atoms with Gasteiger partial charge in [0.05, 0.1) is 12.1 Å². The lowest BCUT2D eigenvalue weighted by Crippen LogP contribution is -2.25. The van der Waals surface area contributed by atoms with Crippen LogP contribution in [0.25, 0.3) is 11.0 Å². The molecule has 0 spiro atoms. The van der Waals surface area contributed by atoms with Gasteiger partial charge in [-0.15, -0.1) is 0 Å². The summed E-state index contributed by atoms with van der Waals surface area (Å²) in [4.78, 5) is 3.37. The average Bonchev–Trinajstić information content (AvgIpc) is 2.84. The van der Waals surface area contributed by atoms with Crippen molar-refractivity contribution in [3.63, 3.8) is 0 Å². The van der Waals surface area contributed by atoms with Crippen LogP contribution in [-0.4, -0.2) is 27.7 Å². The van der Waals surface area contributed by atoms with Crippen LogP contribution in [0.1, 0.15) is 38.6 Å². The van der Waals surface area contributed by atoms with E-state index >= 15 is 0 Å². The Kier molecular flexibility index (Phi) is 4.60. The summed E-state index contributed by atoms with van der Waals surface area (Å²) in [6.45, 7) is 2.68. The number of aromatic nitrogens is 2. The van der Waals surface area contributed by atoms with Crippen LogP contribution >= 0.6 is 24.0 Å². The fraction of sp³-hybridized carbons (Fsp3) is 0.562. The predicted molar refractivity (Wildman–Crippen MR) is 93.1 cm³/mol. The summed E-state index contributed by atoms with van der Waals surface area (Å²) in [6.07, 6.45) is 7.34. The number of hydrogen-bond acceptors (Lipinski definition) is 3. The fourth-order valence-corrected chi connectivity index (χ4v) is 4.69. The summed E-state index contributed by atoms with van der Waals surface area (Å²) < 4.78 is 8.88. The van der Waals surface area contributed by atoms with Gasteiger partial charge in [-0.2, -0.15) is 11.8 Å². The van der Waals surface area contributed by atoms with Crippen LogP contribution in [0.4, 0.5) is 0 Å². The van der Waals surface area contributed by atoms with E-state index in [2.05, 4.69) is 27.9 Å². The number of rotatable bonds is 4. The smallest absolute Gasteiger partial charge is 0.178 e. The quantitative estimate of drug-likeness (QED) is 0.808. The molecule has 2 aromatic rings. The van der Waals surface area contributed by atoms with Crippen molar-refractivity contribution in [2.45, 2.75) is 43.9 Å². The lowest BCUT2D eigenvalue weighted by atomic mass is 9.94. The standard InChI is InChI=1S/C16H22N2OS2/c1-3-19-13-9-6-8-12-15(13)17-16(20)18(12)11-7-4-5-10-14(11)21-2/h6,8-9,11,14H,3-5,7,10H2,1-2H3,(H,17,20). The van der Waals surface area contributed by atoms with Gasteiger partial charge in [0, 0.05) is 11.3 Å². The second kappa shape index (κ2) is 6.44. The Labute approximate surface area is 135 Å². The Hall–Kier alpha value is -0.940. The van der Waals surface area contributed by atoms with E-state index in [0.29, 0.717) is 17.9 Å². The van der Waals surface area contributed by atoms with Crippen molar-refractivity contribution < 1.29 is 4.74 Å². The molecule has 1 aliphatic rings. The molecule has 0 aliphatic heterocycles. The number of imidazole rings is 1. The number of nitrogens with zero attached hydrogens (tertiary/aromatic N) is 1. The summed E-state index contributed by atoms with van der Waals surface area (Å²) in [6, 6.07) is 6.71. The van der Waals surface area contributed by atoms with Crippen molar-refractivity contribution >= 4 is 35.0 Å². The molecule has 1 heterocycles. The average molecular weight is 322 g/mol. The Morgan fingerprint density at radius 1 is 1.38 bits per heavy atom. The van der Waals surface area contributed by atoms with Gasteiger partial charge in [0.15, 0.2) is 4.77 Å². The molecule has 1 saturated carbocycles. The SMILES string of the molecule is CCOc1cccc2c1[nH]c(=S)n2C1CCCCC1SC. The molecule has 0 amide bonds. The molecule has 0 bridgehead atoms. The highest BCUT2D eigenvalue weighted by Gasteiger charge is 2.28. The molecule has 0 radical (unpaired) electrons. The van der Waals surface area contributed by atoms with Gasteiger partial charge in [0.2, 0.25) is 0 Å². The van der Waals surface area contributed by atoms with Gasteiger partial charge in [-0.25, -0.2) is 0 Å². The molecule has 1 fully saturated rings. The third-order valence-corrected chi connectivity index (χ3v) is 5.77. The highest BCUT2D eigenvalue weighted by Crippen LogP contribution is 2.38. The number of hydrogen-bond donors (Lipinski definition) is 1. The highest BCUT2D eigenvalue weighted by atomic mass is 32.2. The number of benzene rings is 1. The molecule has 3 nitrogen and oxygen atoms in total. The van der Waals surface area contributed by atoms with Crippen molar-refractivity contribution in [1.82, 2.24) is 9.55 Å². The molecular weight excluding hydrogens is 300 g/mol. The van der Waals surface area contributed by atoms with E-state index in [0.717, 1.165) is 16.0 Å². The van der Waals surface area contributed by atoms with E-state index in [9.17, 15) is 0 Å². The number of H-pyrrole nitrogens is 1. The van der Waals surface area contributed by atoms with E-state index in [1.165, 1.54) is 31.2 Å². The van der Waals surface area contributed by atoms with Gasteiger partial charge in [-0.1, -0.05) is 18.9 Å². The molecule has 21 heavy (non-hydrogen) atoms. The molecule has 0 saturated heterocycles. The van der Waals surface area contributed by atoms with E-state index in [1.54, 1.807) is 0 Å². The molecule has 5 heteroatoms. The minimum atomic E-state index is 0.492. The molecule has 2 atom stereocenters. The highest BCUT2D eigenvalue weighted by molar-refractivity contribution is 7.99. The van der Waals surface area contributed by atoms with Gasteiger partial charge < -0.3 is 14.3 Å². The first-order valence-corrected chi connectivity index (χ1v) is 9.34. The molecule has 1 N–H and O–H groups in total. The van der Waals surface area contributed by atoms with E-state index in [-0.39, 0.29) is 0 Å². The first-order valence-electron chi connectivity index (χ1n) is 7.65. The van der Waals surface area contributed by atoms with Crippen LogP contribution in [0.2, 0.25) is 0 Å². The van der Waals surface area contributed by atoms with Crippen molar-refractivity contribution in [1.29, 1.82) is 0 Å². The second-order valence-corrected chi connectivity index (χ2v) is 6.97. The number of fused-ring (bicyclic) bond motifs is 1. The van der Waals surface area contributed by atoms with Gasteiger partial charge >= 0.3 is 0 Å². The maximum absolute atomic E-state index is 5.73. The molecule has 114 valence electrons. The number of ether oxygens (including phenoxy) is 1. The summed E-state index contributed by atoms with van der Waals surface area (Å²) >= 11 is 7.59. The number of aromatic amines is 1. The largest absolute Gasteiger partial charge is 0.492 e. The predicted octanol–water partition coefficient (Wildman–Crippen LogP) is 4.94. The molecule has 1 aliphatic carbocycles. The second-order valence-electron chi connectivity index (χ2n) is 5.51. The molecule has 3 rings (SSSR count). The van der Waals surface area contributed by atoms with E-state index in [4.69, 9.17) is 17.0 Å². The molecular formula is C16H22N2OS2. The third kappa shape index (κ3) is 2.73. The molecule has 2 unspecified atom stereocenters. The molecule has 1 aromatic heterocycles. The summed E-state index contributed by atoms with van der Waals surface area (Å²) in [5, 5.41) is 0.653. The lowest BCUT2D eigenvalue weighted by Gasteiger charge is -2.31. The van der Waals surface area contributed by atoms with Gasteiger partial charge in [-0.3, -0.25) is 0 Å². The zero-order chi connectivity index (χ0) is 14.8. The fourth-order valence-electron chi connectivity index (χ4n) is 3.38. The number of thioether (sulfide) groups is 1. The van der Waals surface area contributed by atoms with Crippen molar-refractivity contribution in [3.8, 4) is 5.75 Å². The zero-order valence-corrected chi connectivity index (χ0v) is 14.2. The first kappa shape index (κ1) is 15.0. The van der Waals surface area contributed by atoms with E-state index < -0.39 is 0 Å². The van der Waals surface area contributed by atoms with Gasteiger partial charge in [0.1, 0.15) is 11.3 Å². The summed E-state index contributed by atoms with van der Waals surface area (Å²) in [5.74, 6) is 0.899. The Morgan fingerprint density at radius 2 is 2.19 bits per heavy atom. The number of nitrogens with one attached hydrogen (secondary N) is 1. The lowest BCUT2D eigenvalue weighted by molar-refractivity contribution is 0.343. The monoisotopic (exact) mass is 322 g/mol. The third-order valence-electron chi connectivity index (χ3n) is 4.32. The first-order chi connectivity index (χ1) is 10.3. The summed E-state index contributed by atoms with van der Waals surface area (Å²) in [7, 11) is 0. The number of para-hydroxylation sites is 1. The van der Waals surface area contributed by atoms with Crippen LogP contribution in [0.5, 0.6) is 5.75 Å². The van der Waals surface area contributed by atoms with Crippen LogP contribution in [0, 0.1) is 4.77 Å². The zero-order valence-electron chi connectivity index (χ0n) is 12.6. The minimum Gasteiger partial charge on any atom is -0.492 e. The Balaban J connectivity index is 2.12. The van der Waals surface area contributed by atoms with Crippen LogP contribution in [0.15, 0.2) is 18.2 Å². The molecule has 1 aromatic carbocycles. The van der Waals surface area contributed by atoms with Gasteiger partial charge in [-0.05, 0) is 50.4 Å². The summed E-state index contributed by atoms with van der Waals surface area (Å²) in [5.41, 5.74) is 2.21. The topological polar surface area (TPSA) is 29.9 Å². The maximum atomic E-state index is 5.73. The van der Waals surface area contributed by atoms with E-state index in [1.807, 2.05) is 24.8 Å². The Bertz CT molecular complexity index is 676. The minimum absolute atomic E-state index is 0.492. The van der Waals surface area contributed by atoms with Crippen LogP contribution < -0.4 is 4.74 Å². The van der Waals surface area contributed by atoms with Crippen molar-refractivity contribution in [2.24, 2.45) is 0 Å².